The number of ether oxygens (including phenoxy) is 1. The Morgan fingerprint density at radius 2 is 2.35 bits per heavy atom. The van der Waals surface area contributed by atoms with E-state index in [0.29, 0.717) is 9.39 Å². The van der Waals surface area contributed by atoms with Crippen LogP contribution in [0.5, 0.6) is 0 Å². The fraction of sp³-hybridized carbons (Fsp3) is 0.636. The molecule has 17 heavy (non-hydrogen) atoms. The van der Waals surface area contributed by atoms with E-state index in [-0.39, 0.29) is 17.6 Å². The first-order valence-corrected chi connectivity index (χ1v) is 7.82. The molecule has 1 N–H and O–H groups in total. The summed E-state index contributed by atoms with van der Waals surface area (Å²) in [4.78, 5) is 19.2. The number of halogens is 1. The minimum absolute atomic E-state index is 0.0570. The third kappa shape index (κ3) is 3.03. The van der Waals surface area contributed by atoms with Crippen molar-refractivity contribution in [3.8, 4) is 0 Å². The quantitative estimate of drug-likeness (QED) is 0.817. The molecule has 1 aromatic rings. The van der Waals surface area contributed by atoms with Crippen LogP contribution >= 0.6 is 34.4 Å². The molecule has 2 heterocycles. The standard InChI is InChI=1S/C11H15IN2O2S/c1-6(2)9-8(12)11(15)14-10(13-9)7-5-17-4-3-16-7/h6-7H,3-5H2,1-2H3,(H,13,14,15). The van der Waals surface area contributed by atoms with Crippen molar-refractivity contribution in [2.75, 3.05) is 18.1 Å². The number of aromatic amines is 1. The molecule has 0 bridgehead atoms. The van der Waals surface area contributed by atoms with Gasteiger partial charge in [0.25, 0.3) is 5.56 Å². The van der Waals surface area contributed by atoms with Gasteiger partial charge >= 0.3 is 0 Å². The highest BCUT2D eigenvalue weighted by Gasteiger charge is 2.21. The number of thioether (sulfide) groups is 1. The molecule has 1 aromatic heterocycles. The summed E-state index contributed by atoms with van der Waals surface area (Å²) in [5, 5.41) is 0. The number of hydrogen-bond donors (Lipinski definition) is 1. The molecule has 1 unspecified atom stereocenters. The molecule has 2 rings (SSSR count). The fourth-order valence-electron chi connectivity index (χ4n) is 1.67. The molecule has 1 aliphatic heterocycles. The summed E-state index contributed by atoms with van der Waals surface area (Å²) in [5.41, 5.74) is 0.807. The molecule has 1 saturated heterocycles. The van der Waals surface area contributed by atoms with Gasteiger partial charge in [0.15, 0.2) is 0 Å². The zero-order valence-corrected chi connectivity index (χ0v) is 12.8. The number of rotatable bonds is 2. The Morgan fingerprint density at radius 1 is 1.59 bits per heavy atom. The van der Waals surface area contributed by atoms with E-state index in [1.807, 2.05) is 25.6 Å². The van der Waals surface area contributed by atoms with Crippen molar-refractivity contribution in [3.05, 3.63) is 25.4 Å². The maximum Gasteiger partial charge on any atom is 0.264 e. The predicted octanol–water partition coefficient (Wildman–Crippen LogP) is 2.30. The van der Waals surface area contributed by atoms with Crippen molar-refractivity contribution >= 4 is 34.4 Å². The van der Waals surface area contributed by atoms with E-state index in [0.717, 1.165) is 23.8 Å². The molecule has 0 saturated carbocycles. The number of nitrogens with one attached hydrogen (secondary N) is 1. The molecule has 94 valence electrons. The van der Waals surface area contributed by atoms with Crippen LogP contribution in [0.3, 0.4) is 0 Å². The summed E-state index contributed by atoms with van der Waals surface area (Å²) in [7, 11) is 0. The van der Waals surface area contributed by atoms with Crippen LogP contribution < -0.4 is 5.56 Å². The minimum atomic E-state index is -0.0732. The molecule has 0 radical (unpaired) electrons. The summed E-state index contributed by atoms with van der Waals surface area (Å²) < 4.78 is 6.32. The largest absolute Gasteiger partial charge is 0.369 e. The molecule has 0 spiro atoms. The van der Waals surface area contributed by atoms with Crippen molar-refractivity contribution in [1.82, 2.24) is 9.97 Å². The highest BCUT2D eigenvalue weighted by atomic mass is 127. The first kappa shape index (κ1) is 13.4. The Labute approximate surface area is 118 Å². The van der Waals surface area contributed by atoms with Crippen molar-refractivity contribution in [1.29, 1.82) is 0 Å². The van der Waals surface area contributed by atoms with E-state index >= 15 is 0 Å². The highest BCUT2D eigenvalue weighted by molar-refractivity contribution is 14.1. The highest BCUT2D eigenvalue weighted by Crippen LogP contribution is 2.25. The van der Waals surface area contributed by atoms with E-state index in [2.05, 4.69) is 32.6 Å². The van der Waals surface area contributed by atoms with Crippen molar-refractivity contribution in [2.24, 2.45) is 0 Å². The Bertz CT molecular complexity index is 455. The van der Waals surface area contributed by atoms with Gasteiger partial charge in [-0.1, -0.05) is 13.8 Å². The molecular weight excluding hydrogens is 351 g/mol. The second kappa shape index (κ2) is 5.71. The van der Waals surface area contributed by atoms with Gasteiger partial charge in [-0.05, 0) is 28.5 Å². The molecule has 0 aromatic carbocycles. The smallest absolute Gasteiger partial charge is 0.264 e. The molecule has 6 heteroatoms. The van der Waals surface area contributed by atoms with E-state index in [4.69, 9.17) is 4.74 Å². The van der Waals surface area contributed by atoms with Crippen LogP contribution in [-0.4, -0.2) is 28.1 Å². The van der Waals surface area contributed by atoms with Gasteiger partial charge in [-0.3, -0.25) is 4.79 Å². The molecule has 4 nitrogen and oxygen atoms in total. The van der Waals surface area contributed by atoms with Crippen LogP contribution in [0.2, 0.25) is 0 Å². The van der Waals surface area contributed by atoms with Gasteiger partial charge in [-0.15, -0.1) is 0 Å². The van der Waals surface area contributed by atoms with E-state index in [1.54, 1.807) is 0 Å². The van der Waals surface area contributed by atoms with Crippen LogP contribution in [0.15, 0.2) is 4.79 Å². The normalized spacial score (nSPS) is 20.8. The van der Waals surface area contributed by atoms with E-state index in [1.165, 1.54) is 0 Å². The number of H-pyrrole nitrogens is 1. The molecule has 1 fully saturated rings. The van der Waals surface area contributed by atoms with Crippen LogP contribution in [0, 0.1) is 3.57 Å². The number of aromatic nitrogens is 2. The third-order valence-electron chi connectivity index (χ3n) is 2.57. The number of hydrogen-bond acceptors (Lipinski definition) is 4. The molecule has 0 aliphatic carbocycles. The summed E-state index contributed by atoms with van der Waals surface area (Å²) in [5.74, 6) is 2.80. The molecule has 1 aliphatic rings. The Balaban J connectivity index is 2.37. The summed E-state index contributed by atoms with van der Waals surface area (Å²) in [6, 6.07) is 0. The average Bonchev–Trinajstić information content (AvgIpc) is 2.33. The maximum absolute atomic E-state index is 11.8. The first-order valence-electron chi connectivity index (χ1n) is 5.58. The van der Waals surface area contributed by atoms with E-state index in [9.17, 15) is 4.79 Å². The van der Waals surface area contributed by atoms with Crippen molar-refractivity contribution < 1.29 is 4.74 Å². The Kier molecular flexibility index (Phi) is 4.48. The van der Waals surface area contributed by atoms with Gasteiger partial charge in [0.05, 0.1) is 15.9 Å². The Morgan fingerprint density at radius 3 is 2.94 bits per heavy atom. The van der Waals surface area contributed by atoms with Gasteiger partial charge in [0, 0.05) is 11.5 Å². The lowest BCUT2D eigenvalue weighted by atomic mass is 10.1. The van der Waals surface area contributed by atoms with Crippen LogP contribution in [0.1, 0.15) is 37.4 Å². The van der Waals surface area contributed by atoms with Gasteiger partial charge in [0.1, 0.15) is 11.9 Å². The van der Waals surface area contributed by atoms with Gasteiger partial charge < -0.3 is 9.72 Å². The second-order valence-corrected chi connectivity index (χ2v) is 6.47. The van der Waals surface area contributed by atoms with Gasteiger partial charge in [0.2, 0.25) is 0 Å². The monoisotopic (exact) mass is 366 g/mol. The van der Waals surface area contributed by atoms with Crippen LogP contribution in [-0.2, 0) is 4.74 Å². The van der Waals surface area contributed by atoms with Crippen molar-refractivity contribution in [2.45, 2.75) is 25.9 Å². The maximum atomic E-state index is 11.8. The average molecular weight is 366 g/mol. The van der Waals surface area contributed by atoms with Gasteiger partial charge in [-0.25, -0.2) is 4.98 Å². The van der Waals surface area contributed by atoms with E-state index < -0.39 is 0 Å². The molecular formula is C11H15IN2O2S. The summed E-state index contributed by atoms with van der Waals surface area (Å²) in [6.07, 6.45) is -0.0732. The van der Waals surface area contributed by atoms with Crippen molar-refractivity contribution in [3.63, 3.8) is 0 Å². The second-order valence-electron chi connectivity index (χ2n) is 4.24. The summed E-state index contributed by atoms with van der Waals surface area (Å²) >= 11 is 3.89. The Hall–Kier alpha value is -0.0800. The van der Waals surface area contributed by atoms with Crippen LogP contribution in [0.4, 0.5) is 0 Å². The summed E-state index contributed by atoms with van der Waals surface area (Å²) in [6.45, 7) is 4.82. The third-order valence-corrected chi connectivity index (χ3v) is 4.61. The zero-order valence-electron chi connectivity index (χ0n) is 9.83. The SMILES string of the molecule is CC(C)c1nc(C2CSCCO2)[nH]c(=O)c1I. The van der Waals surface area contributed by atoms with Gasteiger partial charge in [-0.2, -0.15) is 11.8 Å². The first-order chi connectivity index (χ1) is 8.09. The zero-order chi connectivity index (χ0) is 12.4. The minimum Gasteiger partial charge on any atom is -0.369 e. The molecule has 0 amide bonds. The molecule has 1 atom stereocenters. The van der Waals surface area contributed by atoms with Crippen LogP contribution in [0.25, 0.3) is 0 Å². The topological polar surface area (TPSA) is 55.0 Å². The lowest BCUT2D eigenvalue weighted by Gasteiger charge is -2.22. The lowest BCUT2D eigenvalue weighted by molar-refractivity contribution is 0.0690. The lowest BCUT2D eigenvalue weighted by Crippen LogP contribution is -2.25. The predicted molar refractivity (Wildman–Crippen MR) is 77.7 cm³/mol. The fourth-order valence-corrected chi connectivity index (χ4v) is 3.40. The number of nitrogens with zero attached hydrogens (tertiary/aromatic N) is 1.